The molecule has 3 aliphatic rings. The first-order valence-corrected chi connectivity index (χ1v) is 7.88. The maximum absolute atomic E-state index is 13.0. The second-order valence-electron chi connectivity index (χ2n) is 6.48. The minimum absolute atomic E-state index is 0.0244. The number of esters is 1. The molecule has 23 heavy (non-hydrogen) atoms. The molecule has 1 spiro atoms. The third-order valence-electron chi connectivity index (χ3n) is 5.35. The number of hydrogen-bond acceptors (Lipinski definition) is 4. The van der Waals surface area contributed by atoms with Gasteiger partial charge < -0.3 is 14.4 Å². The van der Waals surface area contributed by atoms with Gasteiger partial charge in [0.05, 0.1) is 31.7 Å². The van der Waals surface area contributed by atoms with Crippen LogP contribution in [0.4, 0.5) is 0 Å². The van der Waals surface area contributed by atoms with Gasteiger partial charge in [0.2, 0.25) is 5.91 Å². The predicted octanol–water partition coefficient (Wildman–Crippen LogP) is 1.70. The van der Waals surface area contributed by atoms with Crippen molar-refractivity contribution in [2.75, 3.05) is 13.7 Å². The number of amides is 1. The molecule has 0 aliphatic carbocycles. The number of methoxy groups -OCH3 is 1. The zero-order chi connectivity index (χ0) is 16.2. The van der Waals surface area contributed by atoms with Crippen LogP contribution in [0.3, 0.4) is 0 Å². The summed E-state index contributed by atoms with van der Waals surface area (Å²) < 4.78 is 10.9. The Morgan fingerprint density at radius 3 is 2.83 bits per heavy atom. The van der Waals surface area contributed by atoms with Gasteiger partial charge in [0, 0.05) is 0 Å². The van der Waals surface area contributed by atoms with Gasteiger partial charge in [-0.25, -0.2) is 0 Å². The van der Waals surface area contributed by atoms with Crippen LogP contribution in [0, 0.1) is 11.8 Å². The average Bonchev–Trinajstić information content (AvgIpc) is 3.22. The highest BCUT2D eigenvalue weighted by Gasteiger charge is 2.67. The molecule has 2 saturated heterocycles. The SMILES string of the molecule is COC(=O)[C@H]1[C@H]2C(=O)N([C@H](C)c3ccccc3)C[C@]23C=C[C@H]1O3. The lowest BCUT2D eigenvalue weighted by Crippen LogP contribution is -2.39. The van der Waals surface area contributed by atoms with Crippen LogP contribution in [0.2, 0.25) is 0 Å². The summed E-state index contributed by atoms with van der Waals surface area (Å²) in [5.74, 6) is -1.40. The molecule has 0 N–H and O–H groups in total. The highest BCUT2D eigenvalue weighted by molar-refractivity contribution is 5.91. The van der Waals surface area contributed by atoms with Crippen molar-refractivity contribution < 1.29 is 19.1 Å². The van der Waals surface area contributed by atoms with Gasteiger partial charge in [0.1, 0.15) is 11.5 Å². The van der Waals surface area contributed by atoms with Crippen LogP contribution in [0.25, 0.3) is 0 Å². The van der Waals surface area contributed by atoms with Crippen LogP contribution in [0.5, 0.6) is 0 Å². The summed E-state index contributed by atoms with van der Waals surface area (Å²) in [5.41, 5.74) is 0.397. The Bertz CT molecular complexity index is 686. The first-order valence-electron chi connectivity index (χ1n) is 7.88. The Labute approximate surface area is 134 Å². The van der Waals surface area contributed by atoms with Crippen molar-refractivity contribution in [3.8, 4) is 0 Å². The van der Waals surface area contributed by atoms with E-state index in [1.165, 1.54) is 7.11 Å². The molecule has 2 bridgehead atoms. The summed E-state index contributed by atoms with van der Waals surface area (Å²) in [6.45, 7) is 2.49. The molecule has 0 radical (unpaired) electrons. The van der Waals surface area contributed by atoms with Crippen molar-refractivity contribution in [2.45, 2.75) is 24.7 Å². The van der Waals surface area contributed by atoms with E-state index in [0.717, 1.165) is 5.56 Å². The summed E-state index contributed by atoms with van der Waals surface area (Å²) in [6, 6.07) is 9.84. The van der Waals surface area contributed by atoms with Gasteiger partial charge >= 0.3 is 5.97 Å². The molecule has 2 fully saturated rings. The van der Waals surface area contributed by atoms with Gasteiger partial charge in [-0.1, -0.05) is 42.5 Å². The number of rotatable bonds is 3. The predicted molar refractivity (Wildman–Crippen MR) is 82.3 cm³/mol. The van der Waals surface area contributed by atoms with Gasteiger partial charge in [-0.15, -0.1) is 0 Å². The van der Waals surface area contributed by atoms with E-state index in [2.05, 4.69) is 0 Å². The first kappa shape index (κ1) is 14.5. The normalized spacial score (nSPS) is 35.5. The van der Waals surface area contributed by atoms with E-state index in [4.69, 9.17) is 9.47 Å². The lowest BCUT2D eigenvalue weighted by atomic mass is 9.77. The minimum atomic E-state index is -0.677. The van der Waals surface area contributed by atoms with Crippen LogP contribution in [-0.4, -0.2) is 42.1 Å². The van der Waals surface area contributed by atoms with Gasteiger partial charge in [-0.05, 0) is 12.5 Å². The molecular formula is C18H19NO4. The molecule has 0 unspecified atom stereocenters. The van der Waals surface area contributed by atoms with Crippen LogP contribution in [0.15, 0.2) is 42.5 Å². The number of benzene rings is 1. The highest BCUT2D eigenvalue weighted by Crippen LogP contribution is 2.53. The van der Waals surface area contributed by atoms with Crippen LogP contribution in [-0.2, 0) is 19.1 Å². The smallest absolute Gasteiger partial charge is 0.312 e. The maximum Gasteiger partial charge on any atom is 0.312 e. The number of nitrogens with zero attached hydrogens (tertiary/aromatic N) is 1. The Hall–Kier alpha value is -2.14. The minimum Gasteiger partial charge on any atom is -0.469 e. The third-order valence-corrected chi connectivity index (χ3v) is 5.35. The number of ether oxygens (including phenoxy) is 2. The molecule has 120 valence electrons. The first-order chi connectivity index (χ1) is 11.1. The monoisotopic (exact) mass is 313 g/mol. The van der Waals surface area contributed by atoms with Crippen molar-refractivity contribution in [3.63, 3.8) is 0 Å². The number of carbonyl (C=O) groups is 2. The fraction of sp³-hybridized carbons (Fsp3) is 0.444. The van der Waals surface area contributed by atoms with E-state index in [9.17, 15) is 9.59 Å². The van der Waals surface area contributed by atoms with E-state index in [1.807, 2.05) is 54.3 Å². The molecule has 5 nitrogen and oxygen atoms in total. The Kier molecular flexibility index (Phi) is 3.10. The summed E-state index contributed by atoms with van der Waals surface area (Å²) in [5, 5.41) is 0. The molecule has 0 aromatic heterocycles. The molecule has 1 amide bonds. The largest absolute Gasteiger partial charge is 0.469 e. The molecular weight excluding hydrogens is 294 g/mol. The van der Waals surface area contributed by atoms with Gasteiger partial charge in [-0.3, -0.25) is 9.59 Å². The summed E-state index contributed by atoms with van der Waals surface area (Å²) >= 11 is 0. The summed E-state index contributed by atoms with van der Waals surface area (Å²) in [6.07, 6.45) is 3.50. The summed E-state index contributed by atoms with van der Waals surface area (Å²) in [7, 11) is 1.36. The summed E-state index contributed by atoms with van der Waals surface area (Å²) in [4.78, 5) is 27.0. The van der Waals surface area contributed by atoms with Gasteiger partial charge in [0.25, 0.3) is 0 Å². The Morgan fingerprint density at radius 1 is 1.39 bits per heavy atom. The molecule has 1 aromatic carbocycles. The average molecular weight is 313 g/mol. The molecule has 5 atom stereocenters. The van der Waals surface area contributed by atoms with Crippen molar-refractivity contribution in [1.29, 1.82) is 0 Å². The molecule has 3 aliphatic heterocycles. The fourth-order valence-electron chi connectivity index (χ4n) is 4.17. The molecule has 5 heteroatoms. The number of carbonyl (C=O) groups excluding carboxylic acids is 2. The van der Waals surface area contributed by atoms with E-state index < -0.39 is 17.4 Å². The van der Waals surface area contributed by atoms with Crippen molar-refractivity contribution >= 4 is 11.9 Å². The lowest BCUT2D eigenvalue weighted by molar-refractivity contribution is -0.151. The van der Waals surface area contributed by atoms with Crippen LogP contribution >= 0.6 is 0 Å². The number of fused-ring (bicyclic) bond motifs is 1. The lowest BCUT2D eigenvalue weighted by Gasteiger charge is -2.27. The number of likely N-dealkylation sites (tertiary alicyclic amines) is 1. The highest BCUT2D eigenvalue weighted by atomic mass is 16.5. The Morgan fingerprint density at radius 2 is 2.13 bits per heavy atom. The van der Waals surface area contributed by atoms with E-state index in [0.29, 0.717) is 6.54 Å². The molecule has 0 saturated carbocycles. The maximum atomic E-state index is 13.0. The number of hydrogen-bond donors (Lipinski definition) is 0. The van der Waals surface area contributed by atoms with Crippen molar-refractivity contribution in [1.82, 2.24) is 4.90 Å². The molecule has 1 aromatic rings. The molecule has 4 rings (SSSR count). The molecule has 3 heterocycles. The topological polar surface area (TPSA) is 55.8 Å². The van der Waals surface area contributed by atoms with E-state index in [1.54, 1.807) is 0 Å². The zero-order valence-electron chi connectivity index (χ0n) is 13.1. The van der Waals surface area contributed by atoms with E-state index >= 15 is 0 Å². The standard InChI is InChI=1S/C18H19NO4/c1-11(12-6-4-3-5-7-12)19-10-18-9-8-13(23-18)14(17(21)22-2)15(18)16(19)20/h3-9,11,13-15H,10H2,1-2H3/t11-,13-,14-,15+,18-/m1/s1. The quantitative estimate of drug-likeness (QED) is 0.629. The van der Waals surface area contributed by atoms with Gasteiger partial charge in [-0.2, -0.15) is 0 Å². The van der Waals surface area contributed by atoms with Gasteiger partial charge in [0.15, 0.2) is 0 Å². The zero-order valence-corrected chi connectivity index (χ0v) is 13.1. The van der Waals surface area contributed by atoms with E-state index in [-0.39, 0.29) is 24.0 Å². The van der Waals surface area contributed by atoms with Crippen molar-refractivity contribution in [3.05, 3.63) is 48.0 Å². The fourth-order valence-corrected chi connectivity index (χ4v) is 4.17. The third kappa shape index (κ3) is 1.89. The van der Waals surface area contributed by atoms with Crippen LogP contribution in [0.1, 0.15) is 18.5 Å². The second kappa shape index (κ2) is 4.93. The Balaban J connectivity index is 1.67. The second-order valence-corrected chi connectivity index (χ2v) is 6.48. The van der Waals surface area contributed by atoms with Crippen molar-refractivity contribution in [2.24, 2.45) is 11.8 Å². The van der Waals surface area contributed by atoms with Crippen LogP contribution < -0.4 is 0 Å².